The summed E-state index contributed by atoms with van der Waals surface area (Å²) in [6.07, 6.45) is 0. The molecule has 5 heteroatoms. The quantitative estimate of drug-likeness (QED) is 0.685. The van der Waals surface area contributed by atoms with Gasteiger partial charge in [-0.25, -0.2) is 0 Å². The second kappa shape index (κ2) is 3.62. The summed E-state index contributed by atoms with van der Waals surface area (Å²) in [5.41, 5.74) is 0. The fourth-order valence-electron chi connectivity index (χ4n) is 2.25. The number of urea groups is 1. The number of carbonyl (C=O) groups is 1. The molecule has 0 radical (unpaired) electrons. The molecule has 1 saturated heterocycles. The van der Waals surface area contributed by atoms with E-state index in [0.29, 0.717) is 12.1 Å². The molecule has 1 heterocycles. The van der Waals surface area contributed by atoms with Crippen LogP contribution in [0.2, 0.25) is 39.3 Å². The van der Waals surface area contributed by atoms with Crippen LogP contribution in [0.25, 0.3) is 0 Å². The lowest BCUT2D eigenvalue weighted by Gasteiger charge is -2.35. The van der Waals surface area contributed by atoms with Gasteiger partial charge in [-0.3, -0.25) is 4.79 Å². The number of rotatable bonds is 2. The molecular weight excluding hydrogens is 220 g/mol. The Morgan fingerprint density at radius 2 is 1.53 bits per heavy atom. The molecule has 1 unspecified atom stereocenters. The molecule has 0 aliphatic carbocycles. The largest absolute Gasteiger partial charge is 0.351 e. The highest BCUT2D eigenvalue weighted by molar-refractivity contribution is 6.79. The third-order valence-electron chi connectivity index (χ3n) is 2.86. The Kier molecular flexibility index (Phi) is 3.09. The van der Waals surface area contributed by atoms with Crippen LogP contribution in [-0.4, -0.2) is 44.2 Å². The Morgan fingerprint density at radius 1 is 1.07 bits per heavy atom. The van der Waals surface area contributed by atoms with Gasteiger partial charge < -0.3 is 9.13 Å². The van der Waals surface area contributed by atoms with Gasteiger partial charge in [0.15, 0.2) is 16.5 Å². The Balaban J connectivity index is 2.94. The predicted octanol–water partition coefficient (Wildman–Crippen LogP) is 2.78. The molecule has 1 rings (SSSR count). The first-order chi connectivity index (χ1) is 6.55. The minimum atomic E-state index is -1.51. The van der Waals surface area contributed by atoms with E-state index in [4.69, 9.17) is 0 Å². The lowest BCUT2D eigenvalue weighted by Crippen LogP contribution is -2.54. The Bertz CT molecular complexity index is 268. The van der Waals surface area contributed by atoms with Crippen molar-refractivity contribution >= 4 is 22.5 Å². The standard InChI is InChI=1S/C10H24N2OSi2/c1-9-8-11(14(2,3)4)10(13)12(9)15(5,6)7/h9H,8H2,1-7H3. The van der Waals surface area contributed by atoms with Crippen molar-refractivity contribution in [1.29, 1.82) is 0 Å². The summed E-state index contributed by atoms with van der Waals surface area (Å²) >= 11 is 0. The van der Waals surface area contributed by atoms with E-state index in [1.54, 1.807) is 0 Å². The molecule has 0 N–H and O–H groups in total. The minimum Gasteiger partial charge on any atom is -0.351 e. The van der Waals surface area contributed by atoms with Crippen molar-refractivity contribution in [2.24, 2.45) is 0 Å². The molecule has 1 aliphatic heterocycles. The lowest BCUT2D eigenvalue weighted by molar-refractivity contribution is 0.219. The number of hydrogen-bond acceptors (Lipinski definition) is 1. The zero-order chi connectivity index (χ0) is 12.0. The van der Waals surface area contributed by atoms with Crippen molar-refractivity contribution in [2.75, 3.05) is 6.54 Å². The fourth-order valence-corrected chi connectivity index (χ4v) is 5.94. The first-order valence-corrected chi connectivity index (χ1v) is 12.6. The van der Waals surface area contributed by atoms with Crippen molar-refractivity contribution in [3.05, 3.63) is 0 Å². The van der Waals surface area contributed by atoms with Gasteiger partial charge in [-0.05, 0) is 6.92 Å². The fraction of sp³-hybridized carbons (Fsp3) is 0.900. The number of carbonyl (C=O) groups excluding carboxylic acids is 1. The first-order valence-electron chi connectivity index (χ1n) is 5.66. The zero-order valence-corrected chi connectivity index (χ0v) is 13.1. The van der Waals surface area contributed by atoms with Crippen LogP contribution in [0, 0.1) is 0 Å². The van der Waals surface area contributed by atoms with E-state index in [1.165, 1.54) is 0 Å². The van der Waals surface area contributed by atoms with Gasteiger partial charge in [0, 0.05) is 12.6 Å². The molecular formula is C10H24N2OSi2. The van der Waals surface area contributed by atoms with Gasteiger partial charge in [0.05, 0.1) is 0 Å². The molecule has 0 aromatic carbocycles. The monoisotopic (exact) mass is 244 g/mol. The minimum absolute atomic E-state index is 0.292. The maximum Gasteiger partial charge on any atom is 0.304 e. The number of hydrogen-bond donors (Lipinski definition) is 0. The van der Waals surface area contributed by atoms with Crippen molar-refractivity contribution in [3.63, 3.8) is 0 Å². The molecule has 0 bridgehead atoms. The van der Waals surface area contributed by atoms with Crippen LogP contribution < -0.4 is 0 Å². The molecule has 0 spiro atoms. The topological polar surface area (TPSA) is 23.6 Å². The summed E-state index contributed by atoms with van der Waals surface area (Å²) in [5.74, 6) is 0. The average molecular weight is 244 g/mol. The number of nitrogens with zero attached hydrogens (tertiary/aromatic N) is 2. The Morgan fingerprint density at radius 3 is 1.73 bits per heavy atom. The molecule has 88 valence electrons. The Labute approximate surface area is 95.6 Å². The highest BCUT2D eigenvalue weighted by Crippen LogP contribution is 2.27. The van der Waals surface area contributed by atoms with Crippen molar-refractivity contribution in [2.45, 2.75) is 52.2 Å². The van der Waals surface area contributed by atoms with Gasteiger partial charge in [0.2, 0.25) is 0 Å². The van der Waals surface area contributed by atoms with Crippen LogP contribution in [0.4, 0.5) is 4.79 Å². The normalized spacial score (nSPS) is 23.9. The van der Waals surface area contributed by atoms with E-state index in [-0.39, 0.29) is 0 Å². The average Bonchev–Trinajstić information content (AvgIpc) is 2.22. The summed E-state index contributed by atoms with van der Waals surface area (Å²) < 4.78 is 4.29. The molecule has 2 amide bonds. The molecule has 1 fully saturated rings. The van der Waals surface area contributed by atoms with E-state index in [1.807, 2.05) is 0 Å². The van der Waals surface area contributed by atoms with Gasteiger partial charge in [-0.15, -0.1) is 0 Å². The van der Waals surface area contributed by atoms with Crippen molar-refractivity contribution in [3.8, 4) is 0 Å². The Hall–Kier alpha value is -0.296. The van der Waals surface area contributed by atoms with Gasteiger partial charge in [-0.1, -0.05) is 39.3 Å². The molecule has 1 aliphatic rings. The SMILES string of the molecule is CC1CN([Si](C)(C)C)C(=O)N1[Si](C)(C)C. The maximum absolute atomic E-state index is 12.3. The lowest BCUT2D eigenvalue weighted by atomic mass is 10.4. The molecule has 1 atom stereocenters. The molecule has 0 aromatic rings. The summed E-state index contributed by atoms with van der Waals surface area (Å²) in [7, 11) is -2.99. The molecule has 0 aromatic heterocycles. The first kappa shape index (κ1) is 12.8. The third kappa shape index (κ3) is 2.45. The van der Waals surface area contributed by atoms with Crippen LogP contribution in [0.1, 0.15) is 6.92 Å². The zero-order valence-electron chi connectivity index (χ0n) is 11.1. The number of amides is 2. The van der Waals surface area contributed by atoms with E-state index < -0.39 is 16.5 Å². The third-order valence-corrected chi connectivity index (χ3v) is 6.93. The van der Waals surface area contributed by atoms with E-state index >= 15 is 0 Å². The van der Waals surface area contributed by atoms with E-state index in [9.17, 15) is 4.79 Å². The molecule has 3 nitrogen and oxygen atoms in total. The highest BCUT2D eigenvalue weighted by atomic mass is 28.3. The summed E-state index contributed by atoms with van der Waals surface area (Å²) in [4.78, 5) is 12.3. The summed E-state index contributed by atoms with van der Waals surface area (Å²) in [6.45, 7) is 16.6. The van der Waals surface area contributed by atoms with Gasteiger partial charge >= 0.3 is 6.03 Å². The van der Waals surface area contributed by atoms with E-state index in [2.05, 4.69) is 55.3 Å². The smallest absolute Gasteiger partial charge is 0.304 e. The van der Waals surface area contributed by atoms with Gasteiger partial charge in [0.25, 0.3) is 0 Å². The van der Waals surface area contributed by atoms with Gasteiger partial charge in [0.1, 0.15) is 0 Å². The van der Waals surface area contributed by atoms with Crippen LogP contribution in [-0.2, 0) is 0 Å². The van der Waals surface area contributed by atoms with E-state index in [0.717, 1.165) is 6.54 Å². The summed E-state index contributed by atoms with van der Waals surface area (Å²) in [6, 6.07) is 0.691. The van der Waals surface area contributed by atoms with Crippen molar-refractivity contribution < 1.29 is 4.79 Å². The second-order valence-corrected chi connectivity index (χ2v) is 16.2. The van der Waals surface area contributed by atoms with Crippen LogP contribution in [0.15, 0.2) is 0 Å². The van der Waals surface area contributed by atoms with Crippen LogP contribution in [0.5, 0.6) is 0 Å². The highest BCUT2D eigenvalue weighted by Gasteiger charge is 2.45. The molecule has 15 heavy (non-hydrogen) atoms. The van der Waals surface area contributed by atoms with Crippen LogP contribution >= 0.6 is 0 Å². The van der Waals surface area contributed by atoms with Crippen LogP contribution in [0.3, 0.4) is 0 Å². The second-order valence-electron chi connectivity index (χ2n) is 6.45. The predicted molar refractivity (Wildman–Crippen MR) is 70.1 cm³/mol. The maximum atomic E-state index is 12.3. The van der Waals surface area contributed by atoms with Gasteiger partial charge in [-0.2, -0.15) is 0 Å². The summed E-state index contributed by atoms with van der Waals surface area (Å²) in [5, 5.41) is 0. The van der Waals surface area contributed by atoms with Crippen molar-refractivity contribution in [1.82, 2.24) is 9.13 Å². The molecule has 0 saturated carbocycles.